The van der Waals surface area contributed by atoms with Crippen molar-refractivity contribution in [3.05, 3.63) is 27.7 Å². The van der Waals surface area contributed by atoms with E-state index < -0.39 is 0 Å². The molecule has 0 saturated carbocycles. The number of hydrogen-bond donors (Lipinski definition) is 2. The van der Waals surface area contributed by atoms with Crippen molar-refractivity contribution in [1.29, 1.82) is 0 Å². The summed E-state index contributed by atoms with van der Waals surface area (Å²) in [7, 11) is 0. The van der Waals surface area contributed by atoms with Gasteiger partial charge in [-0.1, -0.05) is 11.6 Å². The lowest BCUT2D eigenvalue weighted by atomic mass is 10.2. The molecule has 4 heteroatoms. The third kappa shape index (κ3) is 2.41. The van der Waals surface area contributed by atoms with Crippen LogP contribution in [0.5, 0.6) is 0 Å². The summed E-state index contributed by atoms with van der Waals surface area (Å²) in [5.41, 5.74) is 1.09. The third-order valence-corrected chi connectivity index (χ3v) is 3.58. The molecule has 1 saturated heterocycles. The van der Waals surface area contributed by atoms with Gasteiger partial charge in [0.1, 0.15) is 0 Å². The van der Waals surface area contributed by atoms with Crippen molar-refractivity contribution in [1.82, 2.24) is 5.32 Å². The zero-order valence-corrected chi connectivity index (χ0v) is 10.0. The summed E-state index contributed by atoms with van der Waals surface area (Å²) in [5, 5.41) is 7.51. The highest BCUT2D eigenvalue weighted by Gasteiger charge is 2.13. The second-order valence-corrected chi connectivity index (χ2v) is 4.72. The summed E-state index contributed by atoms with van der Waals surface area (Å²) in [6.07, 6.45) is 1.17. The Morgan fingerprint density at radius 1 is 1.50 bits per heavy atom. The molecule has 1 aromatic rings. The Kier molecular flexibility index (Phi) is 3.31. The third-order valence-electron chi connectivity index (χ3n) is 2.35. The first-order chi connectivity index (χ1) is 6.75. The van der Waals surface area contributed by atoms with E-state index in [0.717, 1.165) is 28.3 Å². The van der Waals surface area contributed by atoms with Gasteiger partial charge in [0.25, 0.3) is 0 Å². The largest absolute Gasteiger partial charge is 0.381 e. The Hall–Kier alpha value is -0.250. The van der Waals surface area contributed by atoms with Gasteiger partial charge in [-0.3, -0.25) is 0 Å². The molecule has 1 aliphatic rings. The predicted octanol–water partition coefficient (Wildman–Crippen LogP) is 2.88. The summed E-state index contributed by atoms with van der Waals surface area (Å²) >= 11 is 9.37. The van der Waals surface area contributed by atoms with Gasteiger partial charge in [0, 0.05) is 22.7 Å². The Morgan fingerprint density at radius 3 is 3.00 bits per heavy atom. The van der Waals surface area contributed by atoms with Crippen LogP contribution in [0.2, 0.25) is 5.02 Å². The molecule has 2 rings (SSSR count). The van der Waals surface area contributed by atoms with Gasteiger partial charge < -0.3 is 10.6 Å². The Labute approximate surface area is 97.2 Å². The first-order valence-electron chi connectivity index (χ1n) is 4.68. The maximum Gasteiger partial charge on any atom is 0.0568 e. The molecule has 14 heavy (non-hydrogen) atoms. The second-order valence-electron chi connectivity index (χ2n) is 3.46. The average Bonchev–Trinajstić information content (AvgIpc) is 2.64. The van der Waals surface area contributed by atoms with Gasteiger partial charge >= 0.3 is 0 Å². The second kappa shape index (κ2) is 4.51. The van der Waals surface area contributed by atoms with Gasteiger partial charge in [0.05, 0.1) is 5.02 Å². The van der Waals surface area contributed by atoms with Crippen LogP contribution in [0.25, 0.3) is 0 Å². The van der Waals surface area contributed by atoms with Gasteiger partial charge in [-0.15, -0.1) is 0 Å². The molecule has 1 aromatic carbocycles. The van der Waals surface area contributed by atoms with Crippen molar-refractivity contribution < 1.29 is 0 Å². The monoisotopic (exact) mass is 274 g/mol. The van der Waals surface area contributed by atoms with Crippen LogP contribution in [0.1, 0.15) is 6.42 Å². The summed E-state index contributed by atoms with van der Waals surface area (Å²) in [5.74, 6) is 0. The minimum absolute atomic E-state index is 0.534. The Bertz CT molecular complexity index is 324. The number of hydrogen-bond acceptors (Lipinski definition) is 2. The van der Waals surface area contributed by atoms with Gasteiger partial charge in [0.15, 0.2) is 0 Å². The fourth-order valence-electron chi connectivity index (χ4n) is 1.60. The SMILES string of the molecule is Clc1cc(NC2CCNC2)ccc1Br. The van der Waals surface area contributed by atoms with Crippen LogP contribution in [-0.4, -0.2) is 19.1 Å². The van der Waals surface area contributed by atoms with Gasteiger partial charge in [-0.25, -0.2) is 0 Å². The molecule has 0 aliphatic carbocycles. The van der Waals surface area contributed by atoms with Crippen molar-refractivity contribution >= 4 is 33.2 Å². The minimum Gasteiger partial charge on any atom is -0.381 e. The van der Waals surface area contributed by atoms with Crippen molar-refractivity contribution in [2.24, 2.45) is 0 Å². The Balaban J connectivity index is 2.05. The van der Waals surface area contributed by atoms with E-state index in [9.17, 15) is 0 Å². The van der Waals surface area contributed by atoms with Gasteiger partial charge in [-0.2, -0.15) is 0 Å². The smallest absolute Gasteiger partial charge is 0.0568 e. The van der Waals surface area contributed by atoms with Crippen LogP contribution in [0.4, 0.5) is 5.69 Å². The number of anilines is 1. The van der Waals surface area contributed by atoms with E-state index in [-0.39, 0.29) is 0 Å². The first kappa shape index (κ1) is 10.3. The Morgan fingerprint density at radius 2 is 2.36 bits per heavy atom. The average molecular weight is 276 g/mol. The molecule has 0 amide bonds. The van der Waals surface area contributed by atoms with E-state index >= 15 is 0 Å². The van der Waals surface area contributed by atoms with Crippen LogP contribution in [0.3, 0.4) is 0 Å². The predicted molar refractivity (Wildman–Crippen MR) is 64.0 cm³/mol. The van der Waals surface area contributed by atoms with Gasteiger partial charge in [0.2, 0.25) is 0 Å². The maximum absolute atomic E-state index is 6.00. The highest BCUT2D eigenvalue weighted by atomic mass is 79.9. The molecule has 0 spiro atoms. The van der Waals surface area contributed by atoms with E-state index in [2.05, 4.69) is 26.6 Å². The summed E-state index contributed by atoms with van der Waals surface area (Å²) in [6, 6.07) is 6.48. The number of rotatable bonds is 2. The first-order valence-corrected chi connectivity index (χ1v) is 5.85. The molecular formula is C10H12BrClN2. The van der Waals surface area contributed by atoms with Crippen LogP contribution in [-0.2, 0) is 0 Å². The topological polar surface area (TPSA) is 24.1 Å². The molecule has 1 fully saturated rings. The minimum atomic E-state index is 0.534. The lowest BCUT2D eigenvalue weighted by Gasteiger charge is -2.13. The van der Waals surface area contributed by atoms with E-state index in [4.69, 9.17) is 11.6 Å². The molecule has 0 bridgehead atoms. The zero-order chi connectivity index (χ0) is 9.97. The number of halogens is 2. The molecule has 0 aromatic heterocycles. The molecule has 1 atom stereocenters. The molecule has 1 aliphatic heterocycles. The molecule has 1 heterocycles. The molecule has 76 valence electrons. The van der Waals surface area contributed by atoms with E-state index in [0.29, 0.717) is 6.04 Å². The fraction of sp³-hybridized carbons (Fsp3) is 0.400. The van der Waals surface area contributed by atoms with Crippen molar-refractivity contribution in [3.63, 3.8) is 0 Å². The lowest BCUT2D eigenvalue weighted by Crippen LogP contribution is -2.21. The summed E-state index contributed by atoms with van der Waals surface area (Å²) < 4.78 is 0.939. The quantitative estimate of drug-likeness (QED) is 0.867. The molecule has 0 radical (unpaired) electrons. The lowest BCUT2D eigenvalue weighted by molar-refractivity contribution is 0.793. The molecule has 2 nitrogen and oxygen atoms in total. The van der Waals surface area contributed by atoms with Crippen molar-refractivity contribution in [2.45, 2.75) is 12.5 Å². The van der Waals surface area contributed by atoms with Crippen LogP contribution >= 0.6 is 27.5 Å². The van der Waals surface area contributed by atoms with Crippen molar-refractivity contribution in [3.8, 4) is 0 Å². The standard InChI is InChI=1S/C10H12BrClN2/c11-9-2-1-7(5-10(9)12)14-8-3-4-13-6-8/h1-2,5,8,13-14H,3-4,6H2. The molecular weight excluding hydrogens is 263 g/mol. The summed E-state index contributed by atoms with van der Waals surface area (Å²) in [4.78, 5) is 0. The zero-order valence-electron chi connectivity index (χ0n) is 7.69. The van der Waals surface area contributed by atoms with Crippen LogP contribution < -0.4 is 10.6 Å². The number of nitrogens with one attached hydrogen (secondary N) is 2. The van der Waals surface area contributed by atoms with E-state index in [1.54, 1.807) is 0 Å². The maximum atomic E-state index is 6.00. The van der Waals surface area contributed by atoms with E-state index in [1.165, 1.54) is 6.42 Å². The number of benzene rings is 1. The summed E-state index contributed by atoms with van der Waals surface area (Å²) in [6.45, 7) is 2.13. The molecule has 1 unspecified atom stereocenters. The van der Waals surface area contributed by atoms with Crippen LogP contribution in [0.15, 0.2) is 22.7 Å². The highest BCUT2D eigenvalue weighted by molar-refractivity contribution is 9.10. The molecule has 2 N–H and O–H groups in total. The van der Waals surface area contributed by atoms with Crippen molar-refractivity contribution in [2.75, 3.05) is 18.4 Å². The highest BCUT2D eigenvalue weighted by Crippen LogP contribution is 2.26. The van der Waals surface area contributed by atoms with Gasteiger partial charge in [-0.05, 0) is 47.1 Å². The van der Waals surface area contributed by atoms with E-state index in [1.807, 2.05) is 18.2 Å². The normalized spacial score (nSPS) is 21.1. The van der Waals surface area contributed by atoms with Crippen LogP contribution in [0, 0.1) is 0 Å². The fourth-order valence-corrected chi connectivity index (χ4v) is 2.03.